The molecule has 1 unspecified atom stereocenters. The SMILES string of the molecule is CC(NC(=O)N1C(=O)[C@H](Cc2ccnc(N)c2)[C@H]1C(=O)O)c1ccc2c(c1)OC(F)(F)O2. The van der Waals surface area contributed by atoms with Crippen LogP contribution < -0.4 is 20.5 Å². The van der Waals surface area contributed by atoms with E-state index in [1.807, 2.05) is 0 Å². The van der Waals surface area contributed by atoms with E-state index in [1.54, 1.807) is 13.0 Å². The quantitative estimate of drug-likeness (QED) is 0.589. The molecule has 32 heavy (non-hydrogen) atoms. The lowest BCUT2D eigenvalue weighted by molar-refractivity contribution is -0.286. The Morgan fingerprint density at radius 1 is 1.28 bits per heavy atom. The van der Waals surface area contributed by atoms with Crippen molar-refractivity contribution in [3.05, 3.63) is 47.7 Å². The summed E-state index contributed by atoms with van der Waals surface area (Å²) in [6, 6.07) is 4.09. The van der Waals surface area contributed by atoms with Gasteiger partial charge in [-0.05, 0) is 48.7 Å². The van der Waals surface area contributed by atoms with E-state index >= 15 is 0 Å². The van der Waals surface area contributed by atoms with Gasteiger partial charge in [0, 0.05) is 6.20 Å². The number of hydrogen-bond donors (Lipinski definition) is 3. The molecular weight excluding hydrogens is 430 g/mol. The van der Waals surface area contributed by atoms with E-state index in [1.165, 1.54) is 30.5 Å². The van der Waals surface area contributed by atoms with Gasteiger partial charge in [0.05, 0.1) is 12.0 Å². The summed E-state index contributed by atoms with van der Waals surface area (Å²) < 4.78 is 35.1. The number of nitrogens with zero attached hydrogens (tertiary/aromatic N) is 2. The Morgan fingerprint density at radius 3 is 2.69 bits per heavy atom. The first-order valence-electron chi connectivity index (χ1n) is 9.52. The maximum atomic E-state index is 13.2. The molecule has 0 aliphatic carbocycles. The number of hydrogen-bond acceptors (Lipinski definition) is 7. The Balaban J connectivity index is 1.45. The highest BCUT2D eigenvalue weighted by molar-refractivity contribution is 6.07. The van der Waals surface area contributed by atoms with Crippen molar-refractivity contribution in [3.8, 4) is 11.5 Å². The van der Waals surface area contributed by atoms with Crippen LogP contribution in [0.3, 0.4) is 0 Å². The van der Waals surface area contributed by atoms with Crippen molar-refractivity contribution in [2.24, 2.45) is 5.92 Å². The van der Waals surface area contributed by atoms with Crippen LogP contribution in [0.4, 0.5) is 19.4 Å². The number of aromatic nitrogens is 1. The number of aliphatic carboxylic acids is 1. The molecule has 168 valence electrons. The lowest BCUT2D eigenvalue weighted by Gasteiger charge is -2.43. The standard InChI is InChI=1S/C20H18F2N4O6/c1-9(11-2-3-13-14(8-11)32-20(21,22)31-13)25-19(30)26-16(18(28)29)12(17(26)27)6-10-4-5-24-15(23)7-10/h2-5,7-9,12,16H,6H2,1H3,(H2,23,24)(H,25,30)(H,28,29)/t9?,12-,16+/m1/s1. The topological polar surface area (TPSA) is 144 Å². The molecule has 2 aliphatic rings. The zero-order valence-electron chi connectivity index (χ0n) is 16.6. The number of carboxylic acids is 1. The molecule has 0 radical (unpaired) electrons. The number of imide groups is 1. The van der Waals surface area contributed by atoms with Gasteiger partial charge in [0.2, 0.25) is 5.91 Å². The van der Waals surface area contributed by atoms with Gasteiger partial charge in [-0.25, -0.2) is 19.5 Å². The minimum Gasteiger partial charge on any atom is -0.480 e. The van der Waals surface area contributed by atoms with Gasteiger partial charge in [-0.1, -0.05) is 6.07 Å². The van der Waals surface area contributed by atoms with Crippen LogP contribution in [0.1, 0.15) is 24.1 Å². The van der Waals surface area contributed by atoms with Crippen LogP contribution in [-0.4, -0.2) is 45.2 Å². The van der Waals surface area contributed by atoms with Crippen LogP contribution in [0.5, 0.6) is 11.5 Å². The highest BCUT2D eigenvalue weighted by atomic mass is 19.3. The molecule has 2 aromatic rings. The Hall–Kier alpha value is -3.96. The molecule has 0 spiro atoms. The number of β-lactam (4-membered cyclic amide) rings is 1. The monoisotopic (exact) mass is 448 g/mol. The first kappa shape index (κ1) is 21.3. The molecule has 1 fully saturated rings. The third-order valence-electron chi connectivity index (χ3n) is 5.25. The zero-order valence-corrected chi connectivity index (χ0v) is 16.6. The summed E-state index contributed by atoms with van der Waals surface area (Å²) in [7, 11) is 0. The average molecular weight is 448 g/mol. The third-order valence-corrected chi connectivity index (χ3v) is 5.25. The van der Waals surface area contributed by atoms with Gasteiger partial charge in [-0.3, -0.25) is 4.79 Å². The number of rotatable bonds is 5. The maximum Gasteiger partial charge on any atom is 0.586 e. The second-order valence-corrected chi connectivity index (χ2v) is 7.44. The predicted molar refractivity (Wildman–Crippen MR) is 104 cm³/mol. The number of anilines is 1. The molecule has 1 aromatic heterocycles. The molecule has 10 nitrogen and oxygen atoms in total. The first-order chi connectivity index (χ1) is 15.1. The lowest BCUT2D eigenvalue weighted by Crippen LogP contribution is -2.68. The first-order valence-corrected chi connectivity index (χ1v) is 9.52. The number of carbonyl (C=O) groups is 3. The second-order valence-electron chi connectivity index (χ2n) is 7.44. The second kappa shape index (κ2) is 7.62. The van der Waals surface area contributed by atoms with Crippen molar-refractivity contribution in [3.63, 3.8) is 0 Å². The van der Waals surface area contributed by atoms with Crippen LogP contribution in [0, 0.1) is 5.92 Å². The molecule has 0 saturated carbocycles. The van der Waals surface area contributed by atoms with E-state index < -0.39 is 42.2 Å². The van der Waals surface area contributed by atoms with Gasteiger partial charge in [0.1, 0.15) is 5.82 Å². The number of fused-ring (bicyclic) bond motifs is 1. The summed E-state index contributed by atoms with van der Waals surface area (Å²) in [5.74, 6) is -3.05. The van der Waals surface area contributed by atoms with Crippen molar-refractivity contribution < 1.29 is 37.7 Å². The number of benzene rings is 1. The number of carbonyl (C=O) groups excluding carboxylic acids is 2. The fourth-order valence-corrected chi connectivity index (χ4v) is 3.70. The summed E-state index contributed by atoms with van der Waals surface area (Å²) in [4.78, 5) is 41.5. The van der Waals surface area contributed by atoms with Crippen LogP contribution in [0.25, 0.3) is 0 Å². The predicted octanol–water partition coefficient (Wildman–Crippen LogP) is 1.91. The summed E-state index contributed by atoms with van der Waals surface area (Å²) >= 11 is 0. The number of nitrogens with two attached hydrogens (primary N) is 1. The summed E-state index contributed by atoms with van der Waals surface area (Å²) in [6.07, 6.45) is -2.25. The van der Waals surface area contributed by atoms with Crippen molar-refractivity contribution in [2.45, 2.75) is 31.7 Å². The normalized spacial score (nSPS) is 21.6. The molecular formula is C20H18F2N4O6. The van der Waals surface area contributed by atoms with Crippen LogP contribution >= 0.6 is 0 Å². The number of nitrogens with one attached hydrogen (secondary N) is 1. The fourth-order valence-electron chi connectivity index (χ4n) is 3.70. The number of urea groups is 1. The molecule has 2 aliphatic heterocycles. The van der Waals surface area contributed by atoms with Gasteiger partial charge < -0.3 is 25.6 Å². The van der Waals surface area contributed by atoms with Crippen LogP contribution in [0.15, 0.2) is 36.5 Å². The minimum atomic E-state index is -3.78. The fraction of sp³-hybridized carbons (Fsp3) is 0.300. The summed E-state index contributed by atoms with van der Waals surface area (Å²) in [6.45, 7) is 1.55. The van der Waals surface area contributed by atoms with Gasteiger partial charge in [-0.2, -0.15) is 0 Å². The minimum absolute atomic E-state index is 0.0816. The van der Waals surface area contributed by atoms with E-state index in [0.29, 0.717) is 16.0 Å². The number of pyridine rings is 1. The average Bonchev–Trinajstić information content (AvgIpc) is 3.02. The van der Waals surface area contributed by atoms with Gasteiger partial charge in [0.25, 0.3) is 0 Å². The molecule has 1 saturated heterocycles. The molecule has 3 heterocycles. The Labute approximate surface area is 179 Å². The number of ether oxygens (including phenoxy) is 2. The summed E-state index contributed by atoms with van der Waals surface area (Å²) in [5.41, 5.74) is 6.62. The van der Waals surface area contributed by atoms with Crippen molar-refractivity contribution in [1.82, 2.24) is 15.2 Å². The number of amides is 3. The van der Waals surface area contributed by atoms with E-state index in [4.69, 9.17) is 5.73 Å². The highest BCUT2D eigenvalue weighted by Gasteiger charge is 2.54. The Morgan fingerprint density at radius 2 is 2.00 bits per heavy atom. The number of nitrogen functional groups attached to an aromatic ring is 1. The number of carboxylic acid groups (broad SMARTS) is 1. The van der Waals surface area contributed by atoms with E-state index in [-0.39, 0.29) is 23.7 Å². The van der Waals surface area contributed by atoms with E-state index in [2.05, 4.69) is 19.8 Å². The van der Waals surface area contributed by atoms with Crippen LogP contribution in [-0.2, 0) is 16.0 Å². The molecule has 4 N–H and O–H groups in total. The van der Waals surface area contributed by atoms with Crippen molar-refractivity contribution in [2.75, 3.05) is 5.73 Å². The van der Waals surface area contributed by atoms with E-state index in [9.17, 15) is 28.3 Å². The smallest absolute Gasteiger partial charge is 0.480 e. The molecule has 1 aromatic carbocycles. The molecule has 4 rings (SSSR count). The van der Waals surface area contributed by atoms with Gasteiger partial charge in [0.15, 0.2) is 17.5 Å². The molecule has 3 amide bonds. The largest absolute Gasteiger partial charge is 0.586 e. The molecule has 12 heteroatoms. The molecule has 0 bridgehead atoms. The van der Waals surface area contributed by atoms with Crippen molar-refractivity contribution >= 4 is 23.7 Å². The highest BCUT2D eigenvalue weighted by Crippen LogP contribution is 2.42. The van der Waals surface area contributed by atoms with Crippen LogP contribution in [0.2, 0.25) is 0 Å². The van der Waals surface area contributed by atoms with E-state index in [0.717, 1.165) is 0 Å². The van der Waals surface area contributed by atoms with Crippen molar-refractivity contribution in [1.29, 1.82) is 0 Å². The molecule has 3 atom stereocenters. The third kappa shape index (κ3) is 3.86. The zero-order chi connectivity index (χ0) is 23.2. The van der Waals surface area contributed by atoms with Gasteiger partial charge >= 0.3 is 18.3 Å². The Bertz CT molecular complexity index is 1110. The Kier molecular flexibility index (Phi) is 5.07. The lowest BCUT2D eigenvalue weighted by atomic mass is 9.82. The maximum absolute atomic E-state index is 13.2. The number of halogens is 2. The number of likely N-dealkylation sites (tertiary alicyclic amines) is 1. The van der Waals surface area contributed by atoms with Gasteiger partial charge in [-0.15, -0.1) is 8.78 Å². The number of alkyl halides is 2. The summed E-state index contributed by atoms with van der Waals surface area (Å²) in [5, 5.41) is 12.1.